The normalized spacial score (nSPS) is 26.9. The summed E-state index contributed by atoms with van der Waals surface area (Å²) in [6.45, 7) is 2.59. The van der Waals surface area contributed by atoms with Gasteiger partial charge in [0, 0.05) is 43.9 Å². The third kappa shape index (κ3) is 3.20. The molecule has 2 saturated heterocycles. The van der Waals surface area contributed by atoms with Gasteiger partial charge in [0.2, 0.25) is 5.91 Å². The zero-order chi connectivity index (χ0) is 13.8. The first-order valence-corrected chi connectivity index (χ1v) is 7.71. The van der Waals surface area contributed by atoms with Gasteiger partial charge in [-0.15, -0.1) is 0 Å². The van der Waals surface area contributed by atoms with Crippen LogP contribution in [-0.4, -0.2) is 46.8 Å². The molecule has 0 spiro atoms. The SMILES string of the molecule is O=C(CC[C@H]1CCCO1)N1CCC[C@H](c2ccn[nH]2)C1. The Labute approximate surface area is 119 Å². The van der Waals surface area contributed by atoms with Crippen molar-refractivity contribution in [2.24, 2.45) is 0 Å². The number of aromatic nitrogens is 2. The topological polar surface area (TPSA) is 58.2 Å². The van der Waals surface area contributed by atoms with Crippen molar-refractivity contribution in [2.75, 3.05) is 19.7 Å². The van der Waals surface area contributed by atoms with Crippen molar-refractivity contribution in [1.29, 1.82) is 0 Å². The van der Waals surface area contributed by atoms with E-state index < -0.39 is 0 Å². The summed E-state index contributed by atoms with van der Waals surface area (Å²) < 4.78 is 5.59. The maximum Gasteiger partial charge on any atom is 0.222 e. The van der Waals surface area contributed by atoms with Crippen LogP contribution in [0.5, 0.6) is 0 Å². The number of carbonyl (C=O) groups excluding carboxylic acids is 1. The molecule has 1 N–H and O–H groups in total. The average molecular weight is 277 g/mol. The van der Waals surface area contributed by atoms with Crippen LogP contribution in [0.25, 0.3) is 0 Å². The van der Waals surface area contributed by atoms with Gasteiger partial charge in [-0.3, -0.25) is 9.89 Å². The van der Waals surface area contributed by atoms with E-state index in [1.807, 2.05) is 11.0 Å². The number of H-pyrrole nitrogens is 1. The number of hydrogen-bond donors (Lipinski definition) is 1. The number of amides is 1. The van der Waals surface area contributed by atoms with Crippen LogP contribution in [0.2, 0.25) is 0 Å². The van der Waals surface area contributed by atoms with Gasteiger partial charge in [0.05, 0.1) is 6.10 Å². The van der Waals surface area contributed by atoms with E-state index in [0.717, 1.165) is 57.5 Å². The summed E-state index contributed by atoms with van der Waals surface area (Å²) in [7, 11) is 0. The van der Waals surface area contributed by atoms with Gasteiger partial charge < -0.3 is 9.64 Å². The van der Waals surface area contributed by atoms with E-state index in [4.69, 9.17) is 4.74 Å². The summed E-state index contributed by atoms with van der Waals surface area (Å²) >= 11 is 0. The Morgan fingerprint density at radius 2 is 2.40 bits per heavy atom. The monoisotopic (exact) mass is 277 g/mol. The van der Waals surface area contributed by atoms with Crippen molar-refractivity contribution in [3.05, 3.63) is 18.0 Å². The van der Waals surface area contributed by atoms with Crippen LogP contribution >= 0.6 is 0 Å². The second kappa shape index (κ2) is 6.39. The molecule has 1 aromatic rings. The largest absolute Gasteiger partial charge is 0.378 e. The summed E-state index contributed by atoms with van der Waals surface area (Å²) in [6.07, 6.45) is 8.08. The molecule has 3 heterocycles. The lowest BCUT2D eigenvalue weighted by molar-refractivity contribution is -0.133. The molecule has 5 nitrogen and oxygen atoms in total. The molecule has 0 aliphatic carbocycles. The van der Waals surface area contributed by atoms with Crippen molar-refractivity contribution in [3.63, 3.8) is 0 Å². The first kappa shape index (κ1) is 13.6. The van der Waals surface area contributed by atoms with Crippen molar-refractivity contribution < 1.29 is 9.53 Å². The van der Waals surface area contributed by atoms with Crippen LogP contribution in [0, 0.1) is 0 Å². The van der Waals surface area contributed by atoms with Gasteiger partial charge in [0.25, 0.3) is 0 Å². The van der Waals surface area contributed by atoms with Crippen LogP contribution in [0.4, 0.5) is 0 Å². The summed E-state index contributed by atoms with van der Waals surface area (Å²) in [5.41, 5.74) is 1.15. The van der Waals surface area contributed by atoms with Gasteiger partial charge in [0.15, 0.2) is 0 Å². The number of likely N-dealkylation sites (tertiary alicyclic amines) is 1. The van der Waals surface area contributed by atoms with E-state index in [0.29, 0.717) is 18.4 Å². The van der Waals surface area contributed by atoms with Gasteiger partial charge in [-0.25, -0.2) is 0 Å². The number of rotatable bonds is 4. The highest BCUT2D eigenvalue weighted by Crippen LogP contribution is 2.26. The van der Waals surface area contributed by atoms with E-state index in [2.05, 4.69) is 10.2 Å². The van der Waals surface area contributed by atoms with Gasteiger partial charge in [-0.05, 0) is 38.2 Å². The molecular weight excluding hydrogens is 254 g/mol. The lowest BCUT2D eigenvalue weighted by Crippen LogP contribution is -2.39. The number of piperidine rings is 1. The lowest BCUT2D eigenvalue weighted by atomic mass is 9.94. The molecule has 0 saturated carbocycles. The minimum atomic E-state index is 0.282. The van der Waals surface area contributed by atoms with Gasteiger partial charge in [-0.2, -0.15) is 5.10 Å². The highest BCUT2D eigenvalue weighted by atomic mass is 16.5. The maximum absolute atomic E-state index is 12.3. The van der Waals surface area contributed by atoms with Crippen molar-refractivity contribution in [1.82, 2.24) is 15.1 Å². The molecule has 5 heteroatoms. The van der Waals surface area contributed by atoms with Gasteiger partial charge in [0.1, 0.15) is 0 Å². The Bertz CT molecular complexity index is 426. The number of hydrogen-bond acceptors (Lipinski definition) is 3. The molecule has 0 bridgehead atoms. The number of aromatic amines is 1. The van der Waals surface area contributed by atoms with E-state index in [-0.39, 0.29) is 5.91 Å². The fourth-order valence-electron chi connectivity index (χ4n) is 3.27. The van der Waals surface area contributed by atoms with Crippen LogP contribution in [0.3, 0.4) is 0 Å². The number of nitrogens with zero attached hydrogens (tertiary/aromatic N) is 2. The molecule has 1 amide bonds. The smallest absolute Gasteiger partial charge is 0.222 e. The zero-order valence-corrected chi connectivity index (χ0v) is 11.9. The lowest BCUT2D eigenvalue weighted by Gasteiger charge is -2.32. The summed E-state index contributed by atoms with van der Waals surface area (Å²) in [5.74, 6) is 0.697. The van der Waals surface area contributed by atoms with E-state index >= 15 is 0 Å². The number of ether oxygens (including phenoxy) is 1. The standard InChI is InChI=1S/C15H23N3O2/c19-15(6-5-13-4-2-10-20-13)18-9-1-3-12(11-18)14-7-8-16-17-14/h7-8,12-13H,1-6,9-11H2,(H,16,17)/t12-,13+/m0/s1. The first-order valence-electron chi connectivity index (χ1n) is 7.71. The van der Waals surface area contributed by atoms with Crippen molar-refractivity contribution in [2.45, 2.75) is 50.5 Å². The molecule has 0 radical (unpaired) electrons. The third-order valence-corrected chi connectivity index (χ3v) is 4.44. The summed E-state index contributed by atoms with van der Waals surface area (Å²) in [5, 5.41) is 7.05. The molecule has 3 rings (SSSR count). The molecule has 2 fully saturated rings. The van der Waals surface area contributed by atoms with Crippen molar-refractivity contribution >= 4 is 5.91 Å². The van der Waals surface area contributed by atoms with Gasteiger partial charge >= 0.3 is 0 Å². The molecule has 1 aromatic heterocycles. The number of nitrogens with one attached hydrogen (secondary N) is 1. The average Bonchev–Trinajstić information content (AvgIpc) is 3.18. The molecule has 2 aliphatic rings. The Hall–Kier alpha value is -1.36. The van der Waals surface area contributed by atoms with Crippen molar-refractivity contribution in [3.8, 4) is 0 Å². The van der Waals surface area contributed by atoms with Crippen LogP contribution in [-0.2, 0) is 9.53 Å². The van der Waals surface area contributed by atoms with E-state index in [1.165, 1.54) is 0 Å². The first-order chi connectivity index (χ1) is 9.83. The molecule has 2 atom stereocenters. The zero-order valence-electron chi connectivity index (χ0n) is 11.9. The minimum absolute atomic E-state index is 0.282. The Kier molecular flexibility index (Phi) is 4.35. The summed E-state index contributed by atoms with van der Waals surface area (Å²) in [4.78, 5) is 14.3. The van der Waals surface area contributed by atoms with E-state index in [1.54, 1.807) is 6.20 Å². The molecule has 20 heavy (non-hydrogen) atoms. The van der Waals surface area contributed by atoms with Crippen LogP contribution < -0.4 is 0 Å². The predicted molar refractivity (Wildman–Crippen MR) is 75.4 cm³/mol. The Morgan fingerprint density at radius 1 is 1.45 bits per heavy atom. The third-order valence-electron chi connectivity index (χ3n) is 4.44. The molecule has 2 aliphatic heterocycles. The van der Waals surface area contributed by atoms with E-state index in [9.17, 15) is 4.79 Å². The fourth-order valence-corrected chi connectivity index (χ4v) is 3.27. The molecule has 110 valence electrons. The molecular formula is C15H23N3O2. The second-order valence-electron chi connectivity index (χ2n) is 5.86. The predicted octanol–water partition coefficient (Wildman–Crippen LogP) is 2.07. The number of carbonyl (C=O) groups is 1. The molecule has 0 aromatic carbocycles. The highest BCUT2D eigenvalue weighted by molar-refractivity contribution is 5.76. The summed E-state index contributed by atoms with van der Waals surface area (Å²) in [6, 6.07) is 2.02. The second-order valence-corrected chi connectivity index (χ2v) is 5.86. The Morgan fingerprint density at radius 3 is 3.15 bits per heavy atom. The quantitative estimate of drug-likeness (QED) is 0.916. The Balaban J connectivity index is 1.49. The van der Waals surface area contributed by atoms with Gasteiger partial charge in [-0.1, -0.05) is 0 Å². The fraction of sp³-hybridized carbons (Fsp3) is 0.733. The van der Waals surface area contributed by atoms with Crippen LogP contribution in [0.15, 0.2) is 12.3 Å². The van der Waals surface area contributed by atoms with Crippen LogP contribution in [0.1, 0.15) is 50.1 Å². The highest BCUT2D eigenvalue weighted by Gasteiger charge is 2.26. The molecule has 0 unspecified atom stereocenters. The maximum atomic E-state index is 12.3. The minimum Gasteiger partial charge on any atom is -0.378 e.